The summed E-state index contributed by atoms with van der Waals surface area (Å²) < 4.78 is 10.6. The Morgan fingerprint density at radius 2 is 1.36 bits per heavy atom. The Balaban J connectivity index is 2.09. The lowest BCUT2D eigenvalue weighted by molar-refractivity contribution is 0.414. The number of methoxy groups -OCH3 is 2. The van der Waals surface area contributed by atoms with Crippen molar-refractivity contribution in [1.82, 2.24) is 0 Å². The fourth-order valence-corrected chi connectivity index (χ4v) is 4.12. The van der Waals surface area contributed by atoms with Gasteiger partial charge in [-0.2, -0.15) is 0 Å². The molecule has 0 amide bonds. The van der Waals surface area contributed by atoms with E-state index in [-0.39, 0.29) is 0 Å². The minimum atomic E-state index is 0.564. The first-order valence-electron chi connectivity index (χ1n) is 8.58. The average Bonchev–Trinajstić information content (AvgIpc) is 3.13. The van der Waals surface area contributed by atoms with Gasteiger partial charge in [0, 0.05) is 15.3 Å². The van der Waals surface area contributed by atoms with Crippen LogP contribution in [-0.2, 0) is 0 Å². The molecule has 1 unspecified atom stereocenters. The lowest BCUT2D eigenvalue weighted by Gasteiger charge is -2.07. The zero-order valence-electron chi connectivity index (χ0n) is 15.2. The van der Waals surface area contributed by atoms with Gasteiger partial charge in [0.15, 0.2) is 0 Å². The topological polar surface area (TPSA) is 18.5 Å². The van der Waals surface area contributed by atoms with E-state index in [1.54, 1.807) is 14.2 Å². The lowest BCUT2D eigenvalue weighted by Crippen LogP contribution is -1.85. The molecule has 3 aromatic rings. The Bertz CT molecular complexity index is 751. The van der Waals surface area contributed by atoms with E-state index in [0.717, 1.165) is 17.9 Å². The van der Waals surface area contributed by atoms with Crippen LogP contribution in [0.4, 0.5) is 0 Å². The van der Waals surface area contributed by atoms with E-state index in [1.165, 1.54) is 26.4 Å². The van der Waals surface area contributed by atoms with Gasteiger partial charge < -0.3 is 9.47 Å². The van der Waals surface area contributed by atoms with Gasteiger partial charge in [-0.3, -0.25) is 0 Å². The third-order valence-corrected chi connectivity index (χ3v) is 6.02. The molecule has 3 heteroatoms. The monoisotopic (exact) mass is 352 g/mol. The minimum absolute atomic E-state index is 0.564. The molecule has 1 atom stereocenters. The van der Waals surface area contributed by atoms with Crippen molar-refractivity contribution in [3.05, 3.63) is 59.5 Å². The fraction of sp³-hybridized carbons (Fsp3) is 0.273. The molecule has 25 heavy (non-hydrogen) atoms. The molecule has 130 valence electrons. The Labute approximate surface area is 154 Å². The van der Waals surface area contributed by atoms with Crippen LogP contribution < -0.4 is 9.47 Å². The van der Waals surface area contributed by atoms with Gasteiger partial charge in [-0.1, -0.05) is 26.0 Å². The molecule has 0 aliphatic rings. The number of hydrogen-bond donors (Lipinski definition) is 0. The quantitative estimate of drug-likeness (QED) is 0.497. The molecule has 0 bridgehead atoms. The summed E-state index contributed by atoms with van der Waals surface area (Å²) in [6.45, 7) is 4.53. The largest absolute Gasteiger partial charge is 0.497 e. The molecule has 2 aromatic carbocycles. The molecular weight excluding hydrogens is 328 g/mol. The zero-order valence-corrected chi connectivity index (χ0v) is 16.0. The molecular formula is C22H24O2S. The van der Waals surface area contributed by atoms with Gasteiger partial charge in [-0.25, -0.2) is 0 Å². The number of benzene rings is 2. The van der Waals surface area contributed by atoms with Crippen molar-refractivity contribution >= 4 is 11.3 Å². The summed E-state index contributed by atoms with van der Waals surface area (Å²) in [7, 11) is 3.40. The van der Waals surface area contributed by atoms with Crippen LogP contribution in [0.15, 0.2) is 54.6 Å². The van der Waals surface area contributed by atoms with E-state index >= 15 is 0 Å². The predicted molar refractivity (Wildman–Crippen MR) is 107 cm³/mol. The van der Waals surface area contributed by atoms with E-state index in [1.807, 2.05) is 35.6 Å². The predicted octanol–water partition coefficient (Wildman–Crippen LogP) is 6.61. The maximum absolute atomic E-state index is 5.30. The maximum atomic E-state index is 5.30. The highest BCUT2D eigenvalue weighted by Gasteiger charge is 2.16. The van der Waals surface area contributed by atoms with Gasteiger partial charge in [-0.05, 0) is 65.9 Å². The van der Waals surface area contributed by atoms with Crippen molar-refractivity contribution in [3.63, 3.8) is 0 Å². The van der Waals surface area contributed by atoms with Crippen molar-refractivity contribution < 1.29 is 9.47 Å². The molecule has 0 aliphatic carbocycles. The van der Waals surface area contributed by atoms with Crippen molar-refractivity contribution in [2.45, 2.75) is 26.2 Å². The molecule has 0 spiro atoms. The Morgan fingerprint density at radius 3 is 1.84 bits per heavy atom. The first-order valence-corrected chi connectivity index (χ1v) is 9.40. The normalized spacial score (nSPS) is 12.0. The van der Waals surface area contributed by atoms with E-state index in [2.05, 4.69) is 44.2 Å². The molecule has 0 N–H and O–H groups in total. The van der Waals surface area contributed by atoms with Crippen molar-refractivity contribution in [2.24, 2.45) is 0 Å². The van der Waals surface area contributed by atoms with Crippen LogP contribution in [-0.4, -0.2) is 14.2 Å². The Morgan fingerprint density at radius 1 is 0.840 bits per heavy atom. The second kappa shape index (κ2) is 7.75. The van der Waals surface area contributed by atoms with Crippen molar-refractivity contribution in [3.8, 4) is 33.1 Å². The van der Waals surface area contributed by atoms with Crippen LogP contribution in [0.5, 0.6) is 11.5 Å². The molecule has 0 saturated heterocycles. The van der Waals surface area contributed by atoms with E-state index in [0.29, 0.717) is 5.92 Å². The summed E-state index contributed by atoms with van der Waals surface area (Å²) in [4.78, 5) is 2.74. The first kappa shape index (κ1) is 17.6. The standard InChI is InChI=1S/C22H24O2S/c1-5-15(2)21-14-20(16-6-10-18(23-3)11-7-16)22(25-21)17-8-12-19(24-4)13-9-17/h6-15H,5H2,1-4H3. The van der Waals surface area contributed by atoms with E-state index in [4.69, 9.17) is 9.47 Å². The van der Waals surface area contributed by atoms with Gasteiger partial charge in [0.05, 0.1) is 14.2 Å². The average molecular weight is 352 g/mol. The number of hydrogen-bond acceptors (Lipinski definition) is 3. The zero-order chi connectivity index (χ0) is 17.8. The van der Waals surface area contributed by atoms with Crippen LogP contribution in [0, 0.1) is 0 Å². The molecule has 0 fully saturated rings. The third-order valence-electron chi connectivity index (χ3n) is 4.60. The van der Waals surface area contributed by atoms with Crippen molar-refractivity contribution in [2.75, 3.05) is 14.2 Å². The molecule has 0 saturated carbocycles. The maximum Gasteiger partial charge on any atom is 0.118 e. The Kier molecular flexibility index (Phi) is 5.44. The molecule has 1 aromatic heterocycles. The fourth-order valence-electron chi connectivity index (χ4n) is 2.80. The Hall–Kier alpha value is -2.26. The first-order chi connectivity index (χ1) is 12.2. The third kappa shape index (κ3) is 3.72. The van der Waals surface area contributed by atoms with Crippen LogP contribution in [0.2, 0.25) is 0 Å². The second-order valence-corrected chi connectivity index (χ2v) is 7.24. The highest BCUT2D eigenvalue weighted by atomic mass is 32.1. The second-order valence-electron chi connectivity index (χ2n) is 6.16. The van der Waals surface area contributed by atoms with Gasteiger partial charge in [-0.15, -0.1) is 11.3 Å². The lowest BCUT2D eigenvalue weighted by atomic mass is 10.00. The summed E-state index contributed by atoms with van der Waals surface area (Å²) in [6.07, 6.45) is 1.14. The molecule has 2 nitrogen and oxygen atoms in total. The summed E-state index contributed by atoms with van der Waals surface area (Å²) >= 11 is 1.89. The SMILES string of the molecule is CCC(C)c1cc(-c2ccc(OC)cc2)c(-c2ccc(OC)cc2)s1. The van der Waals surface area contributed by atoms with E-state index < -0.39 is 0 Å². The summed E-state index contributed by atoms with van der Waals surface area (Å²) in [5, 5.41) is 0. The van der Waals surface area contributed by atoms with Crippen LogP contribution in [0.25, 0.3) is 21.6 Å². The van der Waals surface area contributed by atoms with Gasteiger partial charge in [0.1, 0.15) is 11.5 Å². The summed E-state index contributed by atoms with van der Waals surface area (Å²) in [6, 6.07) is 19.0. The molecule has 3 rings (SSSR count). The molecule has 1 heterocycles. The van der Waals surface area contributed by atoms with E-state index in [9.17, 15) is 0 Å². The smallest absolute Gasteiger partial charge is 0.118 e. The van der Waals surface area contributed by atoms with Crippen molar-refractivity contribution in [1.29, 1.82) is 0 Å². The summed E-state index contributed by atoms with van der Waals surface area (Å²) in [5.74, 6) is 2.33. The van der Waals surface area contributed by atoms with Gasteiger partial charge in [0.2, 0.25) is 0 Å². The number of ether oxygens (including phenoxy) is 2. The minimum Gasteiger partial charge on any atom is -0.497 e. The highest BCUT2D eigenvalue weighted by Crippen LogP contribution is 2.43. The van der Waals surface area contributed by atoms with Crippen LogP contribution >= 0.6 is 11.3 Å². The number of thiophene rings is 1. The highest BCUT2D eigenvalue weighted by molar-refractivity contribution is 7.16. The van der Waals surface area contributed by atoms with Gasteiger partial charge in [0.25, 0.3) is 0 Å². The molecule has 0 aliphatic heterocycles. The van der Waals surface area contributed by atoms with Crippen LogP contribution in [0.1, 0.15) is 31.1 Å². The summed E-state index contributed by atoms with van der Waals surface area (Å²) in [5.41, 5.74) is 3.73. The molecule has 0 radical (unpaired) electrons. The van der Waals surface area contributed by atoms with Gasteiger partial charge >= 0.3 is 0 Å². The van der Waals surface area contributed by atoms with Crippen LogP contribution in [0.3, 0.4) is 0 Å². The number of rotatable bonds is 6.